The zero-order valence-corrected chi connectivity index (χ0v) is 8.41. The molecule has 2 atom stereocenters. The Kier molecular flexibility index (Phi) is 3.38. The number of carbonyl (C=O) groups is 3. The smallest absolute Gasteiger partial charge is 0.324 e. The van der Waals surface area contributed by atoms with E-state index in [0.717, 1.165) is 0 Å². The van der Waals surface area contributed by atoms with Crippen molar-refractivity contribution in [2.75, 3.05) is 0 Å². The lowest BCUT2D eigenvalue weighted by Gasteiger charge is -2.23. The second-order valence-corrected chi connectivity index (χ2v) is 3.57. The fourth-order valence-corrected chi connectivity index (χ4v) is 1.54. The van der Waals surface area contributed by atoms with Crippen molar-refractivity contribution in [1.82, 2.24) is 0 Å². The van der Waals surface area contributed by atoms with Gasteiger partial charge in [0.2, 0.25) is 0 Å². The third-order valence-corrected chi connectivity index (χ3v) is 2.18. The topological polar surface area (TPSA) is 60.4 Å². The molecule has 0 unspecified atom stereocenters. The van der Waals surface area contributed by atoms with Crippen LogP contribution in [0.5, 0.6) is 0 Å². The van der Waals surface area contributed by atoms with Gasteiger partial charge in [0.05, 0.1) is 0 Å². The monoisotopic (exact) mass is 198 g/mol. The van der Waals surface area contributed by atoms with Crippen molar-refractivity contribution in [3.63, 3.8) is 0 Å². The van der Waals surface area contributed by atoms with E-state index < -0.39 is 11.9 Å². The van der Waals surface area contributed by atoms with Crippen LogP contribution in [0.1, 0.15) is 33.1 Å². The molecule has 0 saturated carbocycles. The molecule has 0 spiro atoms. The molecule has 4 heteroatoms. The van der Waals surface area contributed by atoms with Crippen LogP contribution in [0.25, 0.3) is 0 Å². The molecule has 0 aromatic rings. The zero-order chi connectivity index (χ0) is 10.7. The number of carbonyl (C=O) groups excluding carboxylic acids is 3. The molecule has 0 amide bonds. The Morgan fingerprint density at radius 3 is 2.64 bits per heavy atom. The van der Waals surface area contributed by atoms with E-state index in [1.165, 1.54) is 0 Å². The molecule has 0 aliphatic carbocycles. The largest absolute Gasteiger partial charge is 0.461 e. The molecule has 78 valence electrons. The summed E-state index contributed by atoms with van der Waals surface area (Å²) in [5.41, 5.74) is 0. The summed E-state index contributed by atoms with van der Waals surface area (Å²) in [5.74, 6) is -2.43. The van der Waals surface area contributed by atoms with Gasteiger partial charge in [0.15, 0.2) is 17.5 Å². The fourth-order valence-electron chi connectivity index (χ4n) is 1.54. The molecule has 0 bridgehead atoms. The van der Waals surface area contributed by atoms with Gasteiger partial charge in [0.25, 0.3) is 0 Å². The standard InChI is InChI=1S/C10H14O4/c1-3-4-7(11)9-8(12)5-6(2)14-10(9)13/h6,9H,3-5H2,1-2H3/t6-,9-/m1/s1. The highest BCUT2D eigenvalue weighted by Crippen LogP contribution is 2.19. The van der Waals surface area contributed by atoms with Gasteiger partial charge in [-0.1, -0.05) is 6.92 Å². The molecule has 1 fully saturated rings. The number of esters is 1. The van der Waals surface area contributed by atoms with Crippen LogP contribution in [0, 0.1) is 5.92 Å². The van der Waals surface area contributed by atoms with Crippen LogP contribution in [0.2, 0.25) is 0 Å². The van der Waals surface area contributed by atoms with Crippen molar-refractivity contribution >= 4 is 17.5 Å². The molecule has 1 heterocycles. The lowest BCUT2D eigenvalue weighted by atomic mass is 9.91. The van der Waals surface area contributed by atoms with Gasteiger partial charge in [-0.25, -0.2) is 0 Å². The second kappa shape index (κ2) is 4.35. The number of rotatable bonds is 3. The van der Waals surface area contributed by atoms with Crippen molar-refractivity contribution in [2.24, 2.45) is 5.92 Å². The highest BCUT2D eigenvalue weighted by molar-refractivity contribution is 6.18. The Balaban J connectivity index is 2.72. The third kappa shape index (κ3) is 2.19. The number of ether oxygens (including phenoxy) is 1. The Hall–Kier alpha value is -1.19. The zero-order valence-electron chi connectivity index (χ0n) is 8.41. The first-order chi connectivity index (χ1) is 6.56. The molecule has 0 aromatic heterocycles. The van der Waals surface area contributed by atoms with Crippen LogP contribution in [-0.4, -0.2) is 23.6 Å². The summed E-state index contributed by atoms with van der Waals surface area (Å²) in [6.07, 6.45) is 0.678. The molecule has 1 saturated heterocycles. The van der Waals surface area contributed by atoms with Crippen LogP contribution >= 0.6 is 0 Å². The number of hydrogen-bond donors (Lipinski definition) is 0. The summed E-state index contributed by atoms with van der Waals surface area (Å²) in [6.45, 7) is 3.48. The molecule has 0 N–H and O–H groups in total. The molecule has 0 radical (unpaired) electrons. The van der Waals surface area contributed by atoms with E-state index >= 15 is 0 Å². The molecular weight excluding hydrogens is 184 g/mol. The number of hydrogen-bond acceptors (Lipinski definition) is 4. The summed E-state index contributed by atoms with van der Waals surface area (Å²) in [5, 5.41) is 0. The molecule has 0 aromatic carbocycles. The molecule has 1 aliphatic rings. The van der Waals surface area contributed by atoms with Crippen molar-refractivity contribution in [2.45, 2.75) is 39.2 Å². The summed E-state index contributed by atoms with van der Waals surface area (Å²) in [4.78, 5) is 34.1. The van der Waals surface area contributed by atoms with E-state index in [4.69, 9.17) is 4.74 Å². The van der Waals surface area contributed by atoms with Crippen molar-refractivity contribution in [3.05, 3.63) is 0 Å². The highest BCUT2D eigenvalue weighted by Gasteiger charge is 2.39. The van der Waals surface area contributed by atoms with Gasteiger partial charge < -0.3 is 4.74 Å². The molecule has 14 heavy (non-hydrogen) atoms. The van der Waals surface area contributed by atoms with Crippen LogP contribution in [0.3, 0.4) is 0 Å². The Morgan fingerprint density at radius 2 is 2.14 bits per heavy atom. The average molecular weight is 198 g/mol. The van der Waals surface area contributed by atoms with E-state index in [0.29, 0.717) is 6.42 Å². The lowest BCUT2D eigenvalue weighted by molar-refractivity contribution is -0.165. The molecule has 4 nitrogen and oxygen atoms in total. The maximum Gasteiger partial charge on any atom is 0.324 e. The second-order valence-electron chi connectivity index (χ2n) is 3.57. The van der Waals surface area contributed by atoms with E-state index in [2.05, 4.69) is 0 Å². The third-order valence-electron chi connectivity index (χ3n) is 2.18. The first-order valence-corrected chi connectivity index (χ1v) is 4.82. The van der Waals surface area contributed by atoms with Crippen molar-refractivity contribution in [3.8, 4) is 0 Å². The maximum atomic E-state index is 11.4. The minimum Gasteiger partial charge on any atom is -0.461 e. The SMILES string of the molecule is CCCC(=O)[C@@H]1C(=O)C[C@@H](C)OC1=O. The Morgan fingerprint density at radius 1 is 1.50 bits per heavy atom. The van der Waals surface area contributed by atoms with Gasteiger partial charge in [-0.15, -0.1) is 0 Å². The fraction of sp³-hybridized carbons (Fsp3) is 0.700. The van der Waals surface area contributed by atoms with E-state index in [1.54, 1.807) is 6.92 Å². The normalized spacial score (nSPS) is 27.3. The molecular formula is C10H14O4. The maximum absolute atomic E-state index is 11.4. The van der Waals surface area contributed by atoms with Crippen LogP contribution in [0.4, 0.5) is 0 Å². The molecule has 1 aliphatic heterocycles. The first-order valence-electron chi connectivity index (χ1n) is 4.82. The predicted octanol–water partition coefficient (Wildman–Crippen LogP) is 0.876. The van der Waals surface area contributed by atoms with Crippen LogP contribution in [0.15, 0.2) is 0 Å². The summed E-state index contributed by atoms with van der Waals surface area (Å²) < 4.78 is 4.86. The van der Waals surface area contributed by atoms with Gasteiger partial charge in [-0.3, -0.25) is 14.4 Å². The van der Waals surface area contributed by atoms with E-state index in [9.17, 15) is 14.4 Å². The van der Waals surface area contributed by atoms with Crippen LogP contribution in [-0.2, 0) is 19.1 Å². The van der Waals surface area contributed by atoms with Gasteiger partial charge >= 0.3 is 5.97 Å². The minimum atomic E-state index is -1.15. The van der Waals surface area contributed by atoms with Gasteiger partial charge in [0, 0.05) is 12.8 Å². The number of Topliss-reactive ketones (excluding diaryl/α,β-unsaturated/α-hetero) is 2. The number of ketones is 2. The summed E-state index contributed by atoms with van der Waals surface area (Å²) >= 11 is 0. The van der Waals surface area contributed by atoms with Gasteiger partial charge in [-0.2, -0.15) is 0 Å². The van der Waals surface area contributed by atoms with Gasteiger partial charge in [0.1, 0.15) is 6.10 Å². The lowest BCUT2D eigenvalue weighted by Crippen LogP contribution is -2.41. The average Bonchev–Trinajstić information content (AvgIpc) is 2.01. The van der Waals surface area contributed by atoms with Crippen molar-refractivity contribution in [1.29, 1.82) is 0 Å². The van der Waals surface area contributed by atoms with E-state index in [-0.39, 0.29) is 30.5 Å². The minimum absolute atomic E-state index is 0.159. The number of cyclic esters (lactones) is 1. The van der Waals surface area contributed by atoms with Crippen molar-refractivity contribution < 1.29 is 19.1 Å². The predicted molar refractivity (Wildman–Crippen MR) is 48.6 cm³/mol. The van der Waals surface area contributed by atoms with Crippen LogP contribution < -0.4 is 0 Å². The summed E-state index contributed by atoms with van der Waals surface area (Å²) in [6, 6.07) is 0. The highest BCUT2D eigenvalue weighted by atomic mass is 16.5. The summed E-state index contributed by atoms with van der Waals surface area (Å²) in [7, 11) is 0. The Labute approximate surface area is 82.6 Å². The first kappa shape index (κ1) is 10.9. The Bertz CT molecular complexity index is 240. The van der Waals surface area contributed by atoms with Gasteiger partial charge in [-0.05, 0) is 13.3 Å². The van der Waals surface area contributed by atoms with E-state index in [1.807, 2.05) is 6.92 Å². The quantitative estimate of drug-likeness (QED) is 0.499. The molecule has 1 rings (SSSR count).